The molecule has 0 saturated heterocycles. The minimum atomic E-state index is 0.859. The fraction of sp³-hybridized carbons (Fsp3) is 0.135. The van der Waals surface area contributed by atoms with Crippen molar-refractivity contribution in [2.75, 3.05) is 4.90 Å². The molecule has 0 N–H and O–H groups in total. The van der Waals surface area contributed by atoms with Crippen molar-refractivity contribution in [2.24, 2.45) is 0 Å². The Kier molecular flexibility index (Phi) is 6.13. The molecule has 0 fully saturated rings. The zero-order valence-corrected chi connectivity index (χ0v) is 22.7. The average molecular weight is 522 g/mol. The maximum Gasteiger partial charge on any atom is 0.159 e. The molecule has 196 valence electrons. The van der Waals surface area contributed by atoms with Crippen LogP contribution in [-0.4, -0.2) is 0 Å². The van der Waals surface area contributed by atoms with E-state index in [0.29, 0.717) is 0 Å². The lowest BCUT2D eigenvalue weighted by molar-refractivity contribution is 0.494. The van der Waals surface area contributed by atoms with Crippen LogP contribution in [0.1, 0.15) is 46.8 Å². The van der Waals surface area contributed by atoms with Crippen LogP contribution in [0.4, 0.5) is 11.4 Å². The fourth-order valence-electron chi connectivity index (χ4n) is 6.00. The summed E-state index contributed by atoms with van der Waals surface area (Å²) in [6, 6.07) is 25.8. The quantitative estimate of drug-likeness (QED) is 0.208. The van der Waals surface area contributed by atoms with Gasteiger partial charge < -0.3 is 13.7 Å². The summed E-state index contributed by atoms with van der Waals surface area (Å²) in [5.74, 6) is 2.98. The molecule has 3 nitrogen and oxygen atoms in total. The number of hydrogen-bond acceptors (Lipinski definition) is 3. The SMILES string of the molecule is C=C/C=C\c1oc2c(N(C3=Cc4c(oc5c4CCC=C5)CC3)c3ccc(-c4ccccc4)cc3)cccc2c1C. The van der Waals surface area contributed by atoms with Crippen molar-refractivity contribution in [3.05, 3.63) is 137 Å². The van der Waals surface area contributed by atoms with Crippen molar-refractivity contribution in [3.63, 3.8) is 0 Å². The van der Waals surface area contributed by atoms with Crippen LogP contribution in [-0.2, 0) is 12.8 Å². The zero-order valence-electron chi connectivity index (χ0n) is 22.7. The number of anilines is 2. The summed E-state index contributed by atoms with van der Waals surface area (Å²) in [5, 5.41) is 1.12. The Bertz CT molecular complexity index is 1810. The van der Waals surface area contributed by atoms with Crippen molar-refractivity contribution in [1.29, 1.82) is 0 Å². The van der Waals surface area contributed by atoms with E-state index in [4.69, 9.17) is 8.83 Å². The van der Waals surface area contributed by atoms with Crippen molar-refractivity contribution in [3.8, 4) is 11.1 Å². The van der Waals surface area contributed by atoms with E-state index in [9.17, 15) is 0 Å². The number of allylic oxidation sites excluding steroid dienone is 4. The molecule has 0 atom stereocenters. The maximum absolute atomic E-state index is 6.53. The Morgan fingerprint density at radius 3 is 2.50 bits per heavy atom. The number of rotatable bonds is 6. The topological polar surface area (TPSA) is 29.5 Å². The van der Waals surface area contributed by atoms with Gasteiger partial charge in [-0.1, -0.05) is 79.4 Å². The van der Waals surface area contributed by atoms with E-state index in [1.54, 1.807) is 6.08 Å². The standard InChI is InChI=1S/C37H31NO2/c1-3-4-16-34-25(2)30-14-10-15-33(37(30)40-34)38(28-20-18-27(19-21-28)26-11-6-5-7-12-26)29-22-23-36-32(24-29)31-13-8-9-17-35(31)39-36/h3-7,9-12,14-21,24H,1,8,13,22-23H2,2H3/b16-4-. The predicted octanol–water partition coefficient (Wildman–Crippen LogP) is 10.3. The number of furan rings is 2. The number of benzene rings is 3. The number of nitrogens with zero attached hydrogens (tertiary/aromatic N) is 1. The molecule has 40 heavy (non-hydrogen) atoms. The van der Waals surface area contributed by atoms with E-state index in [2.05, 4.69) is 109 Å². The van der Waals surface area contributed by atoms with Gasteiger partial charge in [-0.3, -0.25) is 0 Å². The van der Waals surface area contributed by atoms with Gasteiger partial charge in [-0.05, 0) is 73.7 Å². The monoisotopic (exact) mass is 521 g/mol. The largest absolute Gasteiger partial charge is 0.461 e. The van der Waals surface area contributed by atoms with Crippen LogP contribution in [0, 0.1) is 6.92 Å². The Labute approximate surface area is 235 Å². The molecule has 0 unspecified atom stereocenters. The smallest absolute Gasteiger partial charge is 0.159 e. The molecule has 0 aliphatic heterocycles. The maximum atomic E-state index is 6.53. The Balaban J connectivity index is 1.40. The lowest BCUT2D eigenvalue weighted by atomic mass is 9.93. The Hall–Kier alpha value is -4.76. The fourth-order valence-corrected chi connectivity index (χ4v) is 6.00. The highest BCUT2D eigenvalue weighted by Gasteiger charge is 2.27. The summed E-state index contributed by atoms with van der Waals surface area (Å²) in [4.78, 5) is 2.38. The zero-order chi connectivity index (χ0) is 27.1. The van der Waals surface area contributed by atoms with E-state index in [0.717, 1.165) is 70.9 Å². The van der Waals surface area contributed by atoms with Crippen LogP contribution in [0.3, 0.4) is 0 Å². The lowest BCUT2D eigenvalue weighted by Crippen LogP contribution is -2.19. The second-order valence-electron chi connectivity index (χ2n) is 10.4. The average Bonchev–Trinajstić information content (AvgIpc) is 3.54. The molecule has 3 aromatic carbocycles. The molecular formula is C37H31NO2. The van der Waals surface area contributed by atoms with Crippen molar-refractivity contribution in [2.45, 2.75) is 32.6 Å². The third-order valence-electron chi connectivity index (χ3n) is 8.03. The van der Waals surface area contributed by atoms with Gasteiger partial charge in [0.25, 0.3) is 0 Å². The minimum absolute atomic E-state index is 0.859. The summed E-state index contributed by atoms with van der Waals surface area (Å²) in [6.45, 7) is 5.94. The Morgan fingerprint density at radius 2 is 1.68 bits per heavy atom. The van der Waals surface area contributed by atoms with Crippen LogP contribution in [0.15, 0.2) is 112 Å². The van der Waals surface area contributed by atoms with Gasteiger partial charge in [0.05, 0.1) is 5.69 Å². The van der Waals surface area contributed by atoms with Gasteiger partial charge in [0.15, 0.2) is 5.58 Å². The molecular weight excluding hydrogens is 490 g/mol. The molecule has 2 aliphatic rings. The van der Waals surface area contributed by atoms with Crippen molar-refractivity contribution < 1.29 is 8.83 Å². The van der Waals surface area contributed by atoms with Crippen LogP contribution in [0.5, 0.6) is 0 Å². The number of aryl methyl sites for hydroxylation is 2. The molecule has 0 saturated carbocycles. The van der Waals surface area contributed by atoms with Crippen LogP contribution in [0.2, 0.25) is 0 Å². The molecule has 2 heterocycles. The number of fused-ring (bicyclic) bond motifs is 4. The van der Waals surface area contributed by atoms with Crippen molar-refractivity contribution >= 4 is 40.6 Å². The summed E-state index contributed by atoms with van der Waals surface area (Å²) < 4.78 is 12.8. The van der Waals surface area contributed by atoms with Gasteiger partial charge in [-0.25, -0.2) is 0 Å². The number of para-hydroxylation sites is 1. The van der Waals surface area contributed by atoms with Gasteiger partial charge in [-0.15, -0.1) is 0 Å². The summed E-state index contributed by atoms with van der Waals surface area (Å²) in [6.07, 6.45) is 16.2. The third kappa shape index (κ3) is 4.15. The highest BCUT2D eigenvalue weighted by molar-refractivity contribution is 5.97. The summed E-state index contributed by atoms with van der Waals surface area (Å²) in [7, 11) is 0. The van der Waals surface area contributed by atoms with Gasteiger partial charge in [0.1, 0.15) is 17.3 Å². The molecule has 0 radical (unpaired) electrons. The molecule has 0 spiro atoms. The van der Waals surface area contributed by atoms with Crippen LogP contribution < -0.4 is 4.90 Å². The first-order valence-corrected chi connectivity index (χ1v) is 14.0. The van der Waals surface area contributed by atoms with E-state index in [1.165, 1.54) is 28.0 Å². The minimum Gasteiger partial charge on any atom is -0.461 e. The highest BCUT2D eigenvalue weighted by Crippen LogP contribution is 2.43. The predicted molar refractivity (Wildman–Crippen MR) is 167 cm³/mol. The third-order valence-corrected chi connectivity index (χ3v) is 8.03. The second-order valence-corrected chi connectivity index (χ2v) is 10.4. The second kappa shape index (κ2) is 10.1. The summed E-state index contributed by atoms with van der Waals surface area (Å²) >= 11 is 0. The van der Waals surface area contributed by atoms with E-state index in [-0.39, 0.29) is 0 Å². The molecule has 2 aromatic heterocycles. The van der Waals surface area contributed by atoms with E-state index in [1.807, 2.05) is 12.2 Å². The molecule has 3 heteroatoms. The van der Waals surface area contributed by atoms with Gasteiger partial charge >= 0.3 is 0 Å². The van der Waals surface area contributed by atoms with Crippen LogP contribution in [0.25, 0.3) is 40.3 Å². The lowest BCUT2D eigenvalue weighted by Gasteiger charge is -2.30. The Morgan fingerprint density at radius 1 is 0.850 bits per heavy atom. The van der Waals surface area contributed by atoms with Crippen LogP contribution >= 0.6 is 0 Å². The highest BCUT2D eigenvalue weighted by atomic mass is 16.3. The molecule has 0 bridgehead atoms. The first-order chi connectivity index (χ1) is 19.7. The van der Waals surface area contributed by atoms with E-state index < -0.39 is 0 Å². The molecule has 2 aliphatic carbocycles. The first-order valence-electron chi connectivity index (χ1n) is 14.0. The molecule has 5 aromatic rings. The number of hydrogen-bond donors (Lipinski definition) is 0. The summed E-state index contributed by atoms with van der Waals surface area (Å²) in [5.41, 5.74) is 10.4. The van der Waals surface area contributed by atoms with E-state index >= 15 is 0 Å². The van der Waals surface area contributed by atoms with Gasteiger partial charge in [0, 0.05) is 39.9 Å². The van der Waals surface area contributed by atoms with Crippen molar-refractivity contribution in [1.82, 2.24) is 0 Å². The normalized spacial score (nSPS) is 14.3. The first kappa shape index (κ1) is 24.3. The van der Waals surface area contributed by atoms with Gasteiger partial charge in [-0.2, -0.15) is 0 Å². The molecule has 7 rings (SSSR count). The van der Waals surface area contributed by atoms with Gasteiger partial charge in [0.2, 0.25) is 0 Å². The molecule has 0 amide bonds.